The van der Waals surface area contributed by atoms with Crippen molar-refractivity contribution >= 4 is 11.9 Å². The zero-order chi connectivity index (χ0) is 23.8. The quantitative estimate of drug-likeness (QED) is 0.352. The lowest BCUT2D eigenvalue weighted by atomic mass is 9.93. The van der Waals surface area contributed by atoms with Gasteiger partial charge in [0, 0.05) is 23.9 Å². The predicted molar refractivity (Wildman–Crippen MR) is 106 cm³/mol. The highest BCUT2D eigenvalue weighted by atomic mass is 19.4. The molecule has 8 nitrogen and oxygen atoms in total. The number of carbonyl (C=O) groups is 2. The summed E-state index contributed by atoms with van der Waals surface area (Å²) in [6.45, 7) is 0.563. The van der Waals surface area contributed by atoms with Crippen molar-refractivity contribution in [2.24, 2.45) is 5.73 Å². The van der Waals surface area contributed by atoms with E-state index in [0.29, 0.717) is 47.7 Å². The van der Waals surface area contributed by atoms with E-state index in [0.717, 1.165) is 5.56 Å². The fourth-order valence-electron chi connectivity index (χ4n) is 3.55. The summed E-state index contributed by atoms with van der Waals surface area (Å²) >= 11 is 0. The van der Waals surface area contributed by atoms with Gasteiger partial charge in [0.1, 0.15) is 5.82 Å². The average Bonchev–Trinajstić information content (AvgIpc) is 3.16. The van der Waals surface area contributed by atoms with E-state index in [1.165, 1.54) is 28.9 Å². The molecule has 12 heteroatoms. The number of halogens is 4. The Morgan fingerprint density at radius 3 is 2.55 bits per heavy atom. The van der Waals surface area contributed by atoms with E-state index in [9.17, 15) is 27.2 Å². The summed E-state index contributed by atoms with van der Waals surface area (Å²) in [5, 5.41) is 4.13. The van der Waals surface area contributed by atoms with Crippen molar-refractivity contribution in [3.05, 3.63) is 53.1 Å². The van der Waals surface area contributed by atoms with Gasteiger partial charge in [-0.1, -0.05) is 0 Å². The number of hydrogen-bond donors (Lipinski definition) is 1. The van der Waals surface area contributed by atoms with Gasteiger partial charge in [-0.15, -0.1) is 0 Å². The average molecular weight is 463 g/mol. The Balaban J connectivity index is 1.79. The smallest absolute Gasteiger partial charge is 0.381 e. The van der Waals surface area contributed by atoms with Gasteiger partial charge in [-0.3, -0.25) is 4.68 Å². The molecule has 1 aromatic carbocycles. The van der Waals surface area contributed by atoms with E-state index in [2.05, 4.69) is 19.8 Å². The maximum Gasteiger partial charge on any atom is 0.491 e. The highest BCUT2D eigenvalue weighted by molar-refractivity contribution is 5.99. The van der Waals surface area contributed by atoms with Gasteiger partial charge in [-0.05, 0) is 55.6 Å². The van der Waals surface area contributed by atoms with Crippen LogP contribution < -0.4 is 5.73 Å². The number of alkyl halides is 3. The van der Waals surface area contributed by atoms with Crippen LogP contribution in [0.5, 0.6) is 0 Å². The molecule has 0 saturated heterocycles. The molecule has 0 atom stereocenters. The number of rotatable bonds is 5. The zero-order valence-corrected chi connectivity index (χ0v) is 17.0. The summed E-state index contributed by atoms with van der Waals surface area (Å²) in [4.78, 5) is 32.4. The van der Waals surface area contributed by atoms with Crippen molar-refractivity contribution in [1.29, 1.82) is 0 Å². The molecule has 0 amide bonds. The molecular weight excluding hydrogens is 446 g/mol. The fraction of sp³-hybridized carbons (Fsp3) is 0.286. The molecular formula is C21H17F4N5O3. The van der Waals surface area contributed by atoms with E-state index in [-0.39, 0.29) is 18.7 Å². The molecule has 33 heavy (non-hydrogen) atoms. The standard InChI is InChI=1S/C21H17F4N5O3/c22-13-5-2-11(3-6-13)18-27-10-12-4-7-14-16(19(31)33-20(32)21(23,24)25)29-30(9-1-8-26)17(14)15(12)28-18/h2-3,5-6,10H,1,4,7-9,26H2. The first-order chi connectivity index (χ1) is 15.7. The molecule has 4 rings (SSSR count). The molecule has 3 aromatic rings. The van der Waals surface area contributed by atoms with Gasteiger partial charge >= 0.3 is 18.1 Å². The molecule has 0 radical (unpaired) electrons. The maximum absolute atomic E-state index is 13.3. The Morgan fingerprint density at radius 1 is 1.15 bits per heavy atom. The van der Waals surface area contributed by atoms with Gasteiger partial charge in [0.25, 0.3) is 0 Å². The minimum Gasteiger partial charge on any atom is -0.381 e. The van der Waals surface area contributed by atoms with Gasteiger partial charge in [-0.25, -0.2) is 23.9 Å². The molecule has 0 saturated carbocycles. The van der Waals surface area contributed by atoms with E-state index in [1.807, 2.05) is 0 Å². The molecule has 2 N–H and O–H groups in total. The van der Waals surface area contributed by atoms with Crippen molar-refractivity contribution < 1.29 is 31.9 Å². The minimum atomic E-state index is -5.32. The fourth-order valence-corrected chi connectivity index (χ4v) is 3.55. The third-order valence-corrected chi connectivity index (χ3v) is 5.07. The molecule has 0 unspecified atom stereocenters. The van der Waals surface area contributed by atoms with E-state index >= 15 is 0 Å². The van der Waals surface area contributed by atoms with Crippen LogP contribution in [0.1, 0.15) is 28.0 Å². The molecule has 172 valence electrons. The van der Waals surface area contributed by atoms with Crippen LogP contribution in [0.4, 0.5) is 17.6 Å². The van der Waals surface area contributed by atoms with E-state index in [1.54, 1.807) is 6.20 Å². The summed E-state index contributed by atoms with van der Waals surface area (Å²) in [6, 6.07) is 5.55. The third kappa shape index (κ3) is 4.46. The summed E-state index contributed by atoms with van der Waals surface area (Å²) in [5.41, 5.74) is 7.68. The Labute approximate surface area is 184 Å². The number of nitrogens with two attached hydrogens (primary N) is 1. The second kappa shape index (κ2) is 8.70. The van der Waals surface area contributed by atoms with Crippen LogP contribution in [0.15, 0.2) is 30.5 Å². The Morgan fingerprint density at radius 2 is 1.88 bits per heavy atom. The number of esters is 2. The predicted octanol–water partition coefficient (Wildman–Crippen LogP) is 2.84. The first kappa shape index (κ1) is 22.5. The van der Waals surface area contributed by atoms with Crippen molar-refractivity contribution in [3.8, 4) is 22.8 Å². The van der Waals surface area contributed by atoms with Gasteiger partial charge in [0.05, 0.1) is 11.4 Å². The van der Waals surface area contributed by atoms with Crippen LogP contribution in [0.25, 0.3) is 22.8 Å². The van der Waals surface area contributed by atoms with E-state index < -0.39 is 23.9 Å². The number of aromatic nitrogens is 4. The lowest BCUT2D eigenvalue weighted by Crippen LogP contribution is -2.28. The summed E-state index contributed by atoms with van der Waals surface area (Å²) < 4.78 is 56.4. The highest BCUT2D eigenvalue weighted by Crippen LogP contribution is 2.35. The Kier molecular flexibility index (Phi) is 5.93. The topological polar surface area (TPSA) is 113 Å². The normalized spacial score (nSPS) is 12.8. The van der Waals surface area contributed by atoms with Crippen LogP contribution in [-0.4, -0.2) is 44.4 Å². The van der Waals surface area contributed by atoms with Crippen LogP contribution in [0, 0.1) is 5.82 Å². The zero-order valence-electron chi connectivity index (χ0n) is 17.0. The van der Waals surface area contributed by atoms with Crippen LogP contribution in [0.2, 0.25) is 0 Å². The second-order valence-electron chi connectivity index (χ2n) is 7.29. The number of fused-ring (bicyclic) bond motifs is 3. The number of ether oxygens (including phenoxy) is 1. The van der Waals surface area contributed by atoms with Crippen molar-refractivity contribution in [3.63, 3.8) is 0 Å². The largest absolute Gasteiger partial charge is 0.491 e. The summed E-state index contributed by atoms with van der Waals surface area (Å²) in [7, 11) is 0. The monoisotopic (exact) mass is 463 g/mol. The van der Waals surface area contributed by atoms with Crippen molar-refractivity contribution in [2.45, 2.75) is 32.0 Å². The number of hydrogen-bond acceptors (Lipinski definition) is 7. The number of carbonyl (C=O) groups excluding carboxylic acids is 2. The number of benzene rings is 1. The van der Waals surface area contributed by atoms with Gasteiger partial charge < -0.3 is 10.5 Å². The second-order valence-corrected chi connectivity index (χ2v) is 7.29. The van der Waals surface area contributed by atoms with Crippen LogP contribution in [0.3, 0.4) is 0 Å². The SMILES string of the molecule is NCCCn1nc(C(=O)OC(=O)C(F)(F)F)c2c1-c1nc(-c3ccc(F)cc3)ncc1CC2. The molecule has 1 aliphatic rings. The third-order valence-electron chi connectivity index (χ3n) is 5.07. The molecule has 0 spiro atoms. The number of nitrogens with zero attached hydrogens (tertiary/aromatic N) is 4. The minimum absolute atomic E-state index is 0.259. The molecule has 0 fully saturated rings. The molecule has 2 aromatic heterocycles. The van der Waals surface area contributed by atoms with Crippen molar-refractivity contribution in [2.75, 3.05) is 6.54 Å². The molecule has 0 bridgehead atoms. The van der Waals surface area contributed by atoms with Crippen molar-refractivity contribution in [1.82, 2.24) is 19.7 Å². The maximum atomic E-state index is 13.3. The Hall–Kier alpha value is -3.67. The van der Waals surface area contributed by atoms with E-state index in [4.69, 9.17) is 5.73 Å². The summed E-state index contributed by atoms with van der Waals surface area (Å²) in [6.07, 6.45) is -2.59. The van der Waals surface area contributed by atoms with Gasteiger partial charge in [-0.2, -0.15) is 18.3 Å². The molecule has 2 heterocycles. The Bertz CT molecular complexity index is 1220. The molecule has 1 aliphatic carbocycles. The van der Waals surface area contributed by atoms with Crippen LogP contribution >= 0.6 is 0 Å². The summed E-state index contributed by atoms with van der Waals surface area (Å²) in [5.74, 6) is -4.23. The first-order valence-electron chi connectivity index (χ1n) is 9.94. The lowest BCUT2D eigenvalue weighted by molar-refractivity contribution is -0.193. The van der Waals surface area contributed by atoms with Gasteiger partial charge in [0.15, 0.2) is 11.5 Å². The van der Waals surface area contributed by atoms with Crippen LogP contribution in [-0.2, 0) is 28.9 Å². The lowest BCUT2D eigenvalue weighted by Gasteiger charge is -2.18. The number of aryl methyl sites for hydroxylation is 2. The molecule has 0 aliphatic heterocycles. The first-order valence-corrected chi connectivity index (χ1v) is 9.94. The highest BCUT2D eigenvalue weighted by Gasteiger charge is 2.43. The van der Waals surface area contributed by atoms with Gasteiger partial charge in [0.2, 0.25) is 0 Å².